The quantitative estimate of drug-likeness (QED) is 0.0724. The number of halogens is 1. The Morgan fingerprint density at radius 2 is 0.906 bits per heavy atom. The first-order valence-corrected chi connectivity index (χ1v) is 18.1. The van der Waals surface area contributed by atoms with Crippen LogP contribution in [0.3, 0.4) is 0 Å². The normalized spacial score (nSPS) is 11.0. The first-order valence-electron chi connectivity index (χ1n) is 18.1. The molecule has 53 heavy (non-hydrogen) atoms. The van der Waals surface area contributed by atoms with Crippen LogP contribution in [0.1, 0.15) is 51.4 Å². The minimum Gasteiger partial charge on any atom is -0.481 e. The van der Waals surface area contributed by atoms with E-state index in [-0.39, 0.29) is 18.7 Å². The van der Waals surface area contributed by atoms with Crippen molar-refractivity contribution >= 4 is 11.9 Å². The number of aliphatic carboxylic acids is 2. The molecule has 0 aliphatic heterocycles. The molecule has 0 amide bonds. The van der Waals surface area contributed by atoms with Crippen LogP contribution in [0, 0.1) is 5.82 Å². The van der Waals surface area contributed by atoms with Gasteiger partial charge >= 0.3 is 11.9 Å². The van der Waals surface area contributed by atoms with Crippen molar-refractivity contribution in [3.63, 3.8) is 0 Å². The molecule has 0 saturated carbocycles. The van der Waals surface area contributed by atoms with Gasteiger partial charge in [-0.3, -0.25) is 9.59 Å². The zero-order valence-electron chi connectivity index (χ0n) is 29.6. The number of aromatic nitrogens is 4. The highest BCUT2D eigenvalue weighted by Crippen LogP contribution is 2.30. The molecule has 6 rings (SSSR count). The van der Waals surface area contributed by atoms with Crippen LogP contribution in [0.5, 0.6) is 0 Å². The van der Waals surface area contributed by atoms with Gasteiger partial charge in [-0.15, -0.1) is 0 Å². The minimum absolute atomic E-state index is 0.215. The van der Waals surface area contributed by atoms with E-state index in [1.807, 2.05) is 36.4 Å². The smallest absolute Gasteiger partial charge is 0.303 e. The summed E-state index contributed by atoms with van der Waals surface area (Å²) in [5, 5.41) is 17.7. The highest BCUT2D eigenvalue weighted by molar-refractivity contribution is 5.75. The van der Waals surface area contributed by atoms with E-state index >= 15 is 0 Å². The molecule has 0 aliphatic carbocycles. The molecule has 9 heteroatoms. The van der Waals surface area contributed by atoms with Gasteiger partial charge < -0.3 is 10.2 Å². The molecule has 0 unspecified atom stereocenters. The zero-order valence-corrected chi connectivity index (χ0v) is 29.6. The highest BCUT2D eigenvalue weighted by Gasteiger charge is 2.13. The maximum atomic E-state index is 14.3. The Hall–Kier alpha value is -6.09. The lowest BCUT2D eigenvalue weighted by Crippen LogP contribution is -2.32. The first kappa shape index (κ1) is 36.7. The fraction of sp³-hybridized carbons (Fsp3) is 0.227. The number of carboxylic acids is 2. The number of hydrogen-bond acceptors (Lipinski definition) is 4. The molecule has 0 atom stereocenters. The summed E-state index contributed by atoms with van der Waals surface area (Å²) in [6, 6.07) is 33.1. The summed E-state index contributed by atoms with van der Waals surface area (Å²) in [7, 11) is 0. The van der Waals surface area contributed by atoms with E-state index in [1.165, 1.54) is 12.1 Å². The molecule has 3 aromatic carbocycles. The Balaban J connectivity index is 1.18. The third-order valence-electron chi connectivity index (χ3n) is 9.23. The zero-order chi connectivity index (χ0) is 37.0. The van der Waals surface area contributed by atoms with Crippen LogP contribution in [-0.2, 0) is 22.7 Å². The standard InChI is InChI=1S/C44H41FN4O4/c45-39-9-7-8-38(30-39)44-46-40(36-16-12-32(13-17-36)34-20-26-48(27-21-34)24-5-1-3-10-42(50)51)31-41(47-44)37-18-14-33(15-19-37)35-22-28-49(29-23-35)25-6-2-4-11-43(52)53/h7-9,12-23,26-31H,1-6,10-11,24-25H2/p+2. The summed E-state index contributed by atoms with van der Waals surface area (Å²) in [6.07, 6.45) is 13.7. The van der Waals surface area contributed by atoms with E-state index in [0.717, 1.165) is 83.5 Å². The van der Waals surface area contributed by atoms with E-state index in [1.54, 1.807) is 6.07 Å². The number of carboxylic acid groups (broad SMARTS) is 2. The van der Waals surface area contributed by atoms with Crippen molar-refractivity contribution in [1.29, 1.82) is 0 Å². The number of nitrogens with zero attached hydrogens (tertiary/aromatic N) is 4. The van der Waals surface area contributed by atoms with Gasteiger partial charge in [-0.1, -0.05) is 60.7 Å². The van der Waals surface area contributed by atoms with Crippen LogP contribution in [0.25, 0.3) is 56.2 Å². The predicted molar refractivity (Wildman–Crippen MR) is 202 cm³/mol. The van der Waals surface area contributed by atoms with Gasteiger partial charge in [-0.25, -0.2) is 23.5 Å². The lowest BCUT2D eigenvalue weighted by atomic mass is 10.0. The monoisotopic (exact) mass is 710 g/mol. The molecular formula is C44H43FN4O4+2. The molecule has 0 spiro atoms. The van der Waals surface area contributed by atoms with Gasteiger partial charge in [0.15, 0.2) is 30.6 Å². The van der Waals surface area contributed by atoms with E-state index in [2.05, 4.69) is 82.5 Å². The number of rotatable bonds is 17. The van der Waals surface area contributed by atoms with Crippen molar-refractivity contribution in [3.05, 3.63) is 134 Å². The largest absolute Gasteiger partial charge is 0.481 e. The Bertz CT molecular complexity index is 2010. The molecule has 2 N–H and O–H groups in total. The van der Waals surface area contributed by atoms with Crippen molar-refractivity contribution in [1.82, 2.24) is 9.97 Å². The maximum absolute atomic E-state index is 14.3. The van der Waals surface area contributed by atoms with Crippen LogP contribution >= 0.6 is 0 Å². The van der Waals surface area contributed by atoms with E-state index in [9.17, 15) is 14.0 Å². The molecule has 0 aliphatic rings. The van der Waals surface area contributed by atoms with Crippen molar-refractivity contribution in [3.8, 4) is 56.2 Å². The van der Waals surface area contributed by atoms with Crippen LogP contribution < -0.4 is 9.13 Å². The molecule has 268 valence electrons. The Labute approximate surface area is 308 Å². The van der Waals surface area contributed by atoms with Crippen LogP contribution in [0.2, 0.25) is 0 Å². The number of aryl methyl sites for hydroxylation is 2. The van der Waals surface area contributed by atoms with Gasteiger partial charge in [0.2, 0.25) is 0 Å². The van der Waals surface area contributed by atoms with Crippen molar-refractivity contribution in [2.75, 3.05) is 0 Å². The third-order valence-corrected chi connectivity index (χ3v) is 9.23. The number of pyridine rings is 2. The molecular weight excluding hydrogens is 668 g/mol. The summed E-state index contributed by atoms with van der Waals surface area (Å²) in [5.41, 5.74) is 8.20. The second-order valence-electron chi connectivity index (χ2n) is 13.2. The molecule has 0 fully saturated rings. The van der Waals surface area contributed by atoms with Gasteiger partial charge in [0.05, 0.1) is 11.4 Å². The molecule has 0 bridgehead atoms. The number of unbranched alkanes of at least 4 members (excludes halogenated alkanes) is 4. The maximum Gasteiger partial charge on any atom is 0.303 e. The molecule has 8 nitrogen and oxygen atoms in total. The fourth-order valence-electron chi connectivity index (χ4n) is 6.26. The summed E-state index contributed by atoms with van der Waals surface area (Å²) >= 11 is 0. The molecule has 6 aromatic rings. The average Bonchev–Trinajstić information content (AvgIpc) is 3.18. The van der Waals surface area contributed by atoms with Gasteiger partial charge in [-0.2, -0.15) is 0 Å². The predicted octanol–water partition coefficient (Wildman–Crippen LogP) is 8.82. The van der Waals surface area contributed by atoms with E-state index in [4.69, 9.17) is 20.2 Å². The molecule has 0 radical (unpaired) electrons. The second kappa shape index (κ2) is 17.9. The second-order valence-corrected chi connectivity index (χ2v) is 13.2. The van der Waals surface area contributed by atoms with Gasteiger partial charge in [-0.05, 0) is 66.1 Å². The van der Waals surface area contributed by atoms with Gasteiger partial charge in [0.25, 0.3) is 0 Å². The highest BCUT2D eigenvalue weighted by atomic mass is 19.1. The SMILES string of the molecule is O=C(O)CCCCC[n+]1ccc(-c2ccc(-c3cc(-c4ccc(-c5cc[n+](CCCCCC(=O)O)cc5)cc4)nc(-c4cccc(F)c4)n3)cc2)cc1. The topological polar surface area (TPSA) is 108 Å². The fourth-order valence-corrected chi connectivity index (χ4v) is 6.26. The molecule has 3 heterocycles. The molecule has 0 saturated heterocycles. The number of hydrogen-bond donors (Lipinski definition) is 2. The Morgan fingerprint density at radius 1 is 0.491 bits per heavy atom. The Kier molecular flexibility index (Phi) is 12.4. The lowest BCUT2D eigenvalue weighted by molar-refractivity contribution is -0.697. The van der Waals surface area contributed by atoms with E-state index in [0.29, 0.717) is 24.2 Å². The first-order chi connectivity index (χ1) is 25.8. The summed E-state index contributed by atoms with van der Waals surface area (Å²) in [5.74, 6) is -1.40. The van der Waals surface area contributed by atoms with Crippen LogP contribution in [-0.4, -0.2) is 32.1 Å². The van der Waals surface area contributed by atoms with Crippen molar-refractivity contribution in [2.24, 2.45) is 0 Å². The average molecular weight is 711 g/mol. The number of benzene rings is 3. The lowest BCUT2D eigenvalue weighted by Gasteiger charge is -2.11. The van der Waals surface area contributed by atoms with Gasteiger partial charge in [0, 0.05) is 66.6 Å². The van der Waals surface area contributed by atoms with Crippen LogP contribution in [0.4, 0.5) is 4.39 Å². The van der Waals surface area contributed by atoms with Gasteiger partial charge in [0.1, 0.15) is 18.9 Å². The number of carbonyl (C=O) groups is 2. The van der Waals surface area contributed by atoms with Crippen molar-refractivity contribution < 1.29 is 33.3 Å². The van der Waals surface area contributed by atoms with Crippen molar-refractivity contribution in [2.45, 2.75) is 64.5 Å². The van der Waals surface area contributed by atoms with Crippen LogP contribution in [0.15, 0.2) is 128 Å². The molecule has 3 aromatic heterocycles. The third kappa shape index (κ3) is 10.5. The summed E-state index contributed by atoms with van der Waals surface area (Å²) in [4.78, 5) is 31.2. The minimum atomic E-state index is -0.745. The van der Waals surface area contributed by atoms with E-state index < -0.39 is 11.9 Å². The Morgan fingerprint density at radius 3 is 1.32 bits per heavy atom. The summed E-state index contributed by atoms with van der Waals surface area (Å²) < 4.78 is 18.5. The summed E-state index contributed by atoms with van der Waals surface area (Å²) in [6.45, 7) is 1.69.